The zero-order valence-electron chi connectivity index (χ0n) is 16.2. The van der Waals surface area contributed by atoms with E-state index >= 15 is 0 Å². The summed E-state index contributed by atoms with van der Waals surface area (Å²) in [6.07, 6.45) is -5.18. The van der Waals surface area contributed by atoms with Gasteiger partial charge in [-0.25, -0.2) is 4.79 Å². The molecule has 0 saturated heterocycles. The van der Waals surface area contributed by atoms with Gasteiger partial charge in [-0.15, -0.1) is 37.1 Å². The zero-order valence-corrected chi connectivity index (χ0v) is 18.5. The number of hydrogen-bond donors (Lipinski definition) is 2. The summed E-state index contributed by atoms with van der Waals surface area (Å²) in [4.78, 5) is 17.6. The van der Waals surface area contributed by atoms with E-state index in [1.165, 1.54) is 17.0 Å². The molecule has 0 radical (unpaired) electrons. The van der Waals surface area contributed by atoms with Crippen LogP contribution in [0.3, 0.4) is 0 Å². The van der Waals surface area contributed by atoms with Gasteiger partial charge >= 0.3 is 12.5 Å². The molecule has 0 atom stereocenters. The SMILES string of the molecule is CCN(CCN=C(N)Nc1ccc(OC(F)(F)F)cc1)C(=O)OC(C)(C)C.I. The lowest BCUT2D eigenvalue weighted by molar-refractivity contribution is -0.274. The van der Waals surface area contributed by atoms with Crippen LogP contribution in [0.15, 0.2) is 29.3 Å². The third-order valence-electron chi connectivity index (χ3n) is 3.05. The Labute approximate surface area is 179 Å². The lowest BCUT2D eigenvalue weighted by Crippen LogP contribution is -2.38. The molecule has 11 heteroatoms. The monoisotopic (exact) mass is 518 g/mol. The fourth-order valence-corrected chi connectivity index (χ4v) is 1.92. The summed E-state index contributed by atoms with van der Waals surface area (Å²) < 4.78 is 45.4. The highest BCUT2D eigenvalue weighted by atomic mass is 127. The molecule has 7 nitrogen and oxygen atoms in total. The first-order valence-electron chi connectivity index (χ1n) is 8.30. The number of anilines is 1. The second-order valence-corrected chi connectivity index (χ2v) is 6.52. The lowest BCUT2D eigenvalue weighted by Gasteiger charge is -2.26. The maximum atomic E-state index is 12.1. The van der Waals surface area contributed by atoms with Gasteiger partial charge in [0, 0.05) is 18.8 Å². The number of halogens is 4. The minimum atomic E-state index is -4.74. The Hall–Kier alpha value is -1.92. The molecule has 1 rings (SSSR count). The smallest absolute Gasteiger partial charge is 0.444 e. The van der Waals surface area contributed by atoms with Crippen LogP contribution in [0.5, 0.6) is 5.75 Å². The van der Waals surface area contributed by atoms with Crippen LogP contribution in [0.1, 0.15) is 27.7 Å². The highest BCUT2D eigenvalue weighted by Gasteiger charge is 2.30. The number of benzene rings is 1. The van der Waals surface area contributed by atoms with Crippen LogP contribution >= 0.6 is 24.0 Å². The van der Waals surface area contributed by atoms with Crippen LogP contribution in [-0.2, 0) is 4.74 Å². The summed E-state index contributed by atoms with van der Waals surface area (Å²) in [5, 5.41) is 2.75. The summed E-state index contributed by atoms with van der Waals surface area (Å²) >= 11 is 0. The van der Waals surface area contributed by atoms with Crippen molar-refractivity contribution in [1.29, 1.82) is 0 Å². The van der Waals surface area contributed by atoms with E-state index in [0.717, 1.165) is 12.1 Å². The standard InChI is InChI=1S/C17H25F3N4O3.HI/c1-5-24(15(25)27-16(2,3)4)11-10-22-14(21)23-12-6-8-13(9-7-12)26-17(18,19)20;/h6-9H,5,10-11H2,1-4H3,(H3,21,22,23);1H. The fraction of sp³-hybridized carbons (Fsp3) is 0.529. The molecular formula is C17H26F3IN4O3. The molecule has 0 aromatic heterocycles. The van der Waals surface area contributed by atoms with E-state index in [0.29, 0.717) is 18.8 Å². The van der Waals surface area contributed by atoms with Gasteiger partial charge in [0.25, 0.3) is 0 Å². The van der Waals surface area contributed by atoms with Crippen molar-refractivity contribution in [3.05, 3.63) is 24.3 Å². The number of nitrogens with two attached hydrogens (primary N) is 1. The molecule has 28 heavy (non-hydrogen) atoms. The van der Waals surface area contributed by atoms with Crippen LogP contribution in [0, 0.1) is 0 Å². The number of likely N-dealkylation sites (N-methyl/N-ethyl adjacent to an activating group) is 1. The maximum Gasteiger partial charge on any atom is 0.573 e. The fourth-order valence-electron chi connectivity index (χ4n) is 1.92. The number of rotatable bonds is 6. The maximum absolute atomic E-state index is 12.1. The van der Waals surface area contributed by atoms with Crippen molar-refractivity contribution >= 4 is 41.7 Å². The van der Waals surface area contributed by atoms with Crippen molar-refractivity contribution in [1.82, 2.24) is 4.90 Å². The number of nitrogens with one attached hydrogen (secondary N) is 1. The molecule has 0 bridgehead atoms. The Morgan fingerprint density at radius 2 is 1.79 bits per heavy atom. The molecule has 1 amide bonds. The van der Waals surface area contributed by atoms with Crippen LogP contribution in [0.2, 0.25) is 0 Å². The predicted octanol–water partition coefficient (Wildman–Crippen LogP) is 4.19. The number of aliphatic imine (C=N–C) groups is 1. The number of guanidine groups is 1. The van der Waals surface area contributed by atoms with Gasteiger partial charge in [0.2, 0.25) is 0 Å². The Morgan fingerprint density at radius 3 is 2.25 bits per heavy atom. The van der Waals surface area contributed by atoms with Gasteiger partial charge in [-0.1, -0.05) is 0 Å². The number of nitrogens with zero attached hydrogens (tertiary/aromatic N) is 2. The lowest BCUT2D eigenvalue weighted by atomic mass is 10.2. The quantitative estimate of drug-likeness (QED) is 0.335. The summed E-state index contributed by atoms with van der Waals surface area (Å²) in [5.41, 5.74) is 5.61. The van der Waals surface area contributed by atoms with E-state index in [2.05, 4.69) is 15.0 Å². The van der Waals surface area contributed by atoms with E-state index in [9.17, 15) is 18.0 Å². The molecule has 0 unspecified atom stereocenters. The second-order valence-electron chi connectivity index (χ2n) is 6.52. The van der Waals surface area contributed by atoms with Crippen LogP contribution in [0.4, 0.5) is 23.7 Å². The first-order valence-corrected chi connectivity index (χ1v) is 8.30. The minimum absolute atomic E-state index is 0. The van der Waals surface area contributed by atoms with Crippen LogP contribution in [-0.4, -0.2) is 48.6 Å². The van der Waals surface area contributed by atoms with Gasteiger partial charge in [0.1, 0.15) is 11.4 Å². The third kappa shape index (κ3) is 11.0. The van der Waals surface area contributed by atoms with Gasteiger partial charge < -0.3 is 25.4 Å². The Bertz CT molecular complexity index is 647. The number of carbonyl (C=O) groups excluding carboxylic acids is 1. The van der Waals surface area contributed by atoms with Gasteiger partial charge in [-0.2, -0.15) is 0 Å². The molecule has 0 aliphatic heterocycles. The van der Waals surface area contributed by atoms with Gasteiger partial charge in [0.05, 0.1) is 6.54 Å². The summed E-state index contributed by atoms with van der Waals surface area (Å²) in [5.74, 6) is -0.265. The van der Waals surface area contributed by atoms with Crippen molar-refractivity contribution in [2.24, 2.45) is 10.7 Å². The van der Waals surface area contributed by atoms with Gasteiger partial charge in [0.15, 0.2) is 5.96 Å². The van der Waals surface area contributed by atoms with E-state index in [4.69, 9.17) is 10.5 Å². The Morgan fingerprint density at radius 1 is 1.21 bits per heavy atom. The number of alkyl halides is 3. The van der Waals surface area contributed by atoms with E-state index in [-0.39, 0.29) is 42.2 Å². The van der Waals surface area contributed by atoms with Crippen molar-refractivity contribution in [3.63, 3.8) is 0 Å². The Balaban J connectivity index is 0.00000729. The van der Waals surface area contributed by atoms with E-state index in [1.807, 2.05) is 6.92 Å². The largest absolute Gasteiger partial charge is 0.573 e. The molecular weight excluding hydrogens is 492 g/mol. The normalized spacial score (nSPS) is 12.0. The summed E-state index contributed by atoms with van der Waals surface area (Å²) in [7, 11) is 0. The minimum Gasteiger partial charge on any atom is -0.444 e. The molecule has 0 heterocycles. The van der Waals surface area contributed by atoms with Crippen LogP contribution < -0.4 is 15.8 Å². The first kappa shape index (κ1) is 26.1. The molecule has 1 aromatic carbocycles. The molecule has 0 aliphatic carbocycles. The molecule has 160 valence electrons. The predicted molar refractivity (Wildman–Crippen MR) is 112 cm³/mol. The van der Waals surface area contributed by atoms with Gasteiger partial charge in [-0.3, -0.25) is 4.99 Å². The molecule has 0 aliphatic rings. The molecule has 1 aromatic rings. The van der Waals surface area contributed by atoms with E-state index < -0.39 is 18.1 Å². The highest BCUT2D eigenvalue weighted by molar-refractivity contribution is 14.0. The number of carbonyl (C=O) groups is 1. The summed E-state index contributed by atoms with van der Waals surface area (Å²) in [6, 6.07) is 5.07. The number of hydrogen-bond acceptors (Lipinski definition) is 4. The molecule has 0 saturated carbocycles. The highest BCUT2D eigenvalue weighted by Crippen LogP contribution is 2.23. The topological polar surface area (TPSA) is 89.2 Å². The van der Waals surface area contributed by atoms with Crippen molar-refractivity contribution in [2.75, 3.05) is 25.0 Å². The third-order valence-corrected chi connectivity index (χ3v) is 3.05. The zero-order chi connectivity index (χ0) is 20.7. The molecule has 0 spiro atoms. The second kappa shape index (κ2) is 11.2. The molecule has 0 fully saturated rings. The van der Waals surface area contributed by atoms with E-state index in [1.54, 1.807) is 20.8 Å². The van der Waals surface area contributed by atoms with Gasteiger partial charge in [-0.05, 0) is 52.0 Å². The number of amides is 1. The average molecular weight is 518 g/mol. The van der Waals surface area contributed by atoms with Crippen LogP contribution in [0.25, 0.3) is 0 Å². The molecule has 3 N–H and O–H groups in total. The first-order chi connectivity index (χ1) is 12.4. The Kier molecular flexibility index (Phi) is 10.4. The summed E-state index contributed by atoms with van der Waals surface area (Å²) in [6.45, 7) is 8.17. The van der Waals surface area contributed by atoms with Crippen molar-refractivity contribution < 1.29 is 27.4 Å². The average Bonchev–Trinajstić information content (AvgIpc) is 2.50. The van der Waals surface area contributed by atoms with Crippen molar-refractivity contribution in [2.45, 2.75) is 39.7 Å². The number of ether oxygens (including phenoxy) is 2. The van der Waals surface area contributed by atoms with Crippen molar-refractivity contribution in [3.8, 4) is 5.75 Å².